The monoisotopic (exact) mass is 238 g/mol. The lowest BCUT2D eigenvalue weighted by Crippen LogP contribution is -2.31. The maximum absolute atomic E-state index is 9.63. The van der Waals surface area contributed by atoms with Crippen LogP contribution in [0.2, 0.25) is 0 Å². The lowest BCUT2D eigenvalue weighted by molar-refractivity contribution is -0.190. The van der Waals surface area contributed by atoms with Crippen molar-refractivity contribution in [2.24, 2.45) is 0 Å². The zero-order valence-corrected chi connectivity index (χ0v) is 9.10. The maximum atomic E-state index is 9.63. The minimum atomic E-state index is -1.04. The van der Waals surface area contributed by atoms with Crippen molar-refractivity contribution in [1.29, 1.82) is 0 Å². The molecule has 1 aromatic rings. The van der Waals surface area contributed by atoms with Gasteiger partial charge in [0.25, 0.3) is 0 Å². The van der Waals surface area contributed by atoms with Crippen LogP contribution in [0.4, 0.5) is 0 Å². The molecule has 1 aromatic carbocycles. The summed E-state index contributed by atoms with van der Waals surface area (Å²) in [6.07, 6.45) is -3.01. The highest BCUT2D eigenvalue weighted by molar-refractivity contribution is 5.17. The summed E-state index contributed by atoms with van der Waals surface area (Å²) < 4.78 is 16.4. The molecule has 0 unspecified atom stereocenters. The molecule has 0 aliphatic carbocycles. The number of aliphatic hydroxyl groups excluding tert-OH is 2. The molecule has 5 nitrogen and oxygen atoms in total. The Morgan fingerprint density at radius 3 is 2.41 bits per heavy atom. The van der Waals surface area contributed by atoms with Gasteiger partial charge >= 0.3 is 0 Å². The van der Waals surface area contributed by atoms with E-state index in [4.69, 9.17) is 19.3 Å². The van der Waals surface area contributed by atoms with Gasteiger partial charge in [0.05, 0.1) is 6.61 Å². The van der Waals surface area contributed by atoms with E-state index < -0.39 is 30.9 Å². The summed E-state index contributed by atoms with van der Waals surface area (Å²) in [5.41, 5.74) is 0.894. The Bertz CT molecular complexity index is 382. The first kappa shape index (κ1) is 11.1. The summed E-state index contributed by atoms with van der Waals surface area (Å²) in [6.45, 7) is -0.191. The van der Waals surface area contributed by atoms with Crippen molar-refractivity contribution in [2.75, 3.05) is 6.61 Å². The molecule has 0 saturated carbocycles. The second kappa shape index (κ2) is 4.36. The molecule has 0 amide bonds. The predicted molar refractivity (Wildman–Crippen MR) is 56.9 cm³/mol. The molecule has 17 heavy (non-hydrogen) atoms. The van der Waals surface area contributed by atoms with Gasteiger partial charge in [-0.25, -0.2) is 0 Å². The number of fused-ring (bicyclic) bond motifs is 1. The van der Waals surface area contributed by atoms with E-state index in [1.807, 2.05) is 30.3 Å². The van der Waals surface area contributed by atoms with Crippen LogP contribution < -0.4 is 0 Å². The van der Waals surface area contributed by atoms with E-state index >= 15 is 0 Å². The Morgan fingerprint density at radius 2 is 1.71 bits per heavy atom. The molecule has 2 N–H and O–H groups in total. The van der Waals surface area contributed by atoms with Gasteiger partial charge in [0.2, 0.25) is 0 Å². The first-order valence-corrected chi connectivity index (χ1v) is 5.60. The van der Waals surface area contributed by atoms with Crippen LogP contribution in [0.15, 0.2) is 30.3 Å². The molecule has 2 heterocycles. The Labute approximate surface area is 98.5 Å². The lowest BCUT2D eigenvalue weighted by atomic mass is 10.1. The van der Waals surface area contributed by atoms with Gasteiger partial charge in [-0.1, -0.05) is 30.3 Å². The van der Waals surface area contributed by atoms with Gasteiger partial charge in [-0.05, 0) is 0 Å². The minimum Gasteiger partial charge on any atom is -0.394 e. The van der Waals surface area contributed by atoms with E-state index in [1.165, 1.54) is 0 Å². The number of hydrogen-bond donors (Lipinski definition) is 2. The normalized spacial score (nSPS) is 40.5. The number of ether oxygens (including phenoxy) is 3. The molecule has 0 radical (unpaired) electrons. The lowest BCUT2D eigenvalue weighted by Gasteiger charge is -2.16. The van der Waals surface area contributed by atoms with Crippen LogP contribution in [0.5, 0.6) is 0 Å². The molecule has 2 saturated heterocycles. The molecule has 0 spiro atoms. The number of aliphatic hydroxyl groups is 2. The van der Waals surface area contributed by atoms with Crippen LogP contribution in [-0.2, 0) is 14.2 Å². The molecule has 0 bridgehead atoms. The van der Waals surface area contributed by atoms with Gasteiger partial charge < -0.3 is 24.4 Å². The molecule has 2 aliphatic rings. The van der Waals surface area contributed by atoms with Crippen LogP contribution in [-0.4, -0.2) is 41.4 Å². The molecular weight excluding hydrogens is 224 g/mol. The van der Waals surface area contributed by atoms with E-state index in [1.54, 1.807) is 0 Å². The van der Waals surface area contributed by atoms with Crippen LogP contribution in [0, 0.1) is 0 Å². The number of hydrogen-bond acceptors (Lipinski definition) is 5. The van der Waals surface area contributed by atoms with Crippen molar-refractivity contribution in [2.45, 2.75) is 30.9 Å². The topological polar surface area (TPSA) is 68.2 Å². The Balaban J connectivity index is 1.78. The molecule has 5 atom stereocenters. The summed E-state index contributed by atoms with van der Waals surface area (Å²) >= 11 is 0. The average molecular weight is 238 g/mol. The Kier molecular flexibility index (Phi) is 2.85. The van der Waals surface area contributed by atoms with E-state index in [0.717, 1.165) is 5.56 Å². The zero-order valence-electron chi connectivity index (χ0n) is 9.10. The van der Waals surface area contributed by atoms with Crippen molar-refractivity contribution in [3.8, 4) is 0 Å². The summed E-state index contributed by atoms with van der Waals surface area (Å²) in [5, 5.41) is 18.7. The molecule has 0 aromatic heterocycles. The van der Waals surface area contributed by atoms with Crippen molar-refractivity contribution >= 4 is 0 Å². The first-order chi connectivity index (χ1) is 8.29. The quantitative estimate of drug-likeness (QED) is 0.769. The summed E-state index contributed by atoms with van der Waals surface area (Å²) in [7, 11) is 0. The highest BCUT2D eigenvalue weighted by atomic mass is 16.8. The van der Waals surface area contributed by atoms with Crippen LogP contribution >= 0.6 is 0 Å². The Hall–Kier alpha value is -0.980. The highest BCUT2D eigenvalue weighted by Gasteiger charge is 2.52. The van der Waals surface area contributed by atoms with Crippen LogP contribution in [0.25, 0.3) is 0 Å². The number of benzene rings is 1. The molecule has 5 heteroatoms. The second-order valence-corrected chi connectivity index (χ2v) is 4.19. The average Bonchev–Trinajstić information content (AvgIpc) is 2.92. The van der Waals surface area contributed by atoms with E-state index in [9.17, 15) is 5.11 Å². The van der Waals surface area contributed by atoms with Gasteiger partial charge in [-0.15, -0.1) is 0 Å². The van der Waals surface area contributed by atoms with Crippen LogP contribution in [0.1, 0.15) is 11.9 Å². The fourth-order valence-corrected chi connectivity index (χ4v) is 2.25. The summed E-state index contributed by atoms with van der Waals surface area (Å²) in [5.74, 6) is 0. The molecule has 92 valence electrons. The smallest absolute Gasteiger partial charge is 0.185 e. The van der Waals surface area contributed by atoms with Crippen molar-refractivity contribution in [3.63, 3.8) is 0 Å². The molecule has 2 aliphatic heterocycles. The standard InChI is InChI=1S/C12H14O5/c13-6-8-9-10(11(14)15-8)17-12(16-9)7-4-2-1-3-5-7/h1-5,8-14H,6H2/t8-,9-,10-,11-,12+/m1/s1. The fourth-order valence-electron chi connectivity index (χ4n) is 2.25. The third-order valence-corrected chi connectivity index (χ3v) is 3.10. The molecule has 2 fully saturated rings. The molecular formula is C12H14O5. The molecule has 3 rings (SSSR count). The van der Waals surface area contributed by atoms with Gasteiger partial charge in [0, 0.05) is 5.56 Å². The second-order valence-electron chi connectivity index (χ2n) is 4.19. The van der Waals surface area contributed by atoms with E-state index in [0.29, 0.717) is 0 Å². The van der Waals surface area contributed by atoms with E-state index in [2.05, 4.69) is 0 Å². The highest BCUT2D eigenvalue weighted by Crippen LogP contribution is 2.39. The van der Waals surface area contributed by atoms with Gasteiger partial charge in [0.1, 0.15) is 18.3 Å². The largest absolute Gasteiger partial charge is 0.394 e. The van der Waals surface area contributed by atoms with Gasteiger partial charge in [-0.2, -0.15) is 0 Å². The van der Waals surface area contributed by atoms with E-state index in [-0.39, 0.29) is 6.61 Å². The summed E-state index contributed by atoms with van der Waals surface area (Å²) in [4.78, 5) is 0. The Morgan fingerprint density at radius 1 is 1.00 bits per heavy atom. The SMILES string of the molecule is OC[C@H]1O[C@@H](O)[C@@H]2O[C@@H](c3ccccc3)O[C@@H]21. The van der Waals surface area contributed by atoms with Gasteiger partial charge in [-0.3, -0.25) is 0 Å². The third kappa shape index (κ3) is 1.86. The van der Waals surface area contributed by atoms with Crippen molar-refractivity contribution in [1.82, 2.24) is 0 Å². The summed E-state index contributed by atoms with van der Waals surface area (Å²) in [6, 6.07) is 9.49. The minimum absolute atomic E-state index is 0.191. The third-order valence-electron chi connectivity index (χ3n) is 3.10. The van der Waals surface area contributed by atoms with Crippen LogP contribution in [0.3, 0.4) is 0 Å². The van der Waals surface area contributed by atoms with Gasteiger partial charge in [0.15, 0.2) is 12.6 Å². The fraction of sp³-hybridized carbons (Fsp3) is 0.500. The zero-order chi connectivity index (χ0) is 11.8. The predicted octanol–water partition coefficient (Wildman–Crippen LogP) is 0.179. The van der Waals surface area contributed by atoms with Crippen molar-refractivity contribution in [3.05, 3.63) is 35.9 Å². The van der Waals surface area contributed by atoms with Crippen molar-refractivity contribution < 1.29 is 24.4 Å². The maximum Gasteiger partial charge on any atom is 0.185 e. The first-order valence-electron chi connectivity index (χ1n) is 5.60. The number of rotatable bonds is 2.